The molecule has 0 radical (unpaired) electrons. The number of nitrogens with zero attached hydrogens (tertiary/aromatic N) is 1. The molecule has 3 heteroatoms. The van der Waals surface area contributed by atoms with E-state index in [1.807, 2.05) is 12.3 Å². The Bertz CT molecular complexity index is 407. The van der Waals surface area contributed by atoms with Crippen molar-refractivity contribution in [1.29, 1.82) is 0 Å². The molecule has 3 unspecified atom stereocenters. The Labute approximate surface area is 109 Å². The van der Waals surface area contributed by atoms with E-state index >= 15 is 0 Å². The average molecular weight is 246 g/mol. The van der Waals surface area contributed by atoms with Gasteiger partial charge in [-0.1, -0.05) is 18.9 Å². The maximum atomic E-state index is 9.98. The van der Waals surface area contributed by atoms with Crippen LogP contribution in [-0.4, -0.2) is 22.7 Å². The van der Waals surface area contributed by atoms with E-state index in [2.05, 4.69) is 16.4 Å². The van der Waals surface area contributed by atoms with Crippen molar-refractivity contribution < 1.29 is 5.11 Å². The molecule has 1 heterocycles. The van der Waals surface area contributed by atoms with Gasteiger partial charge in [-0.2, -0.15) is 0 Å². The fraction of sp³-hybridized carbons (Fsp3) is 0.667. The Balaban J connectivity index is 1.58. The molecule has 98 valence electrons. The smallest absolute Gasteiger partial charge is 0.0605 e. The molecule has 1 saturated carbocycles. The zero-order chi connectivity index (χ0) is 12.4. The van der Waals surface area contributed by atoms with Crippen molar-refractivity contribution in [3.05, 3.63) is 29.6 Å². The number of aryl methyl sites for hydroxylation is 1. The molecule has 0 bridgehead atoms. The molecule has 1 fully saturated rings. The first-order valence-electron chi connectivity index (χ1n) is 7.20. The topological polar surface area (TPSA) is 45.1 Å². The van der Waals surface area contributed by atoms with Crippen LogP contribution in [0.2, 0.25) is 0 Å². The van der Waals surface area contributed by atoms with Gasteiger partial charge in [0, 0.05) is 12.7 Å². The first-order chi connectivity index (χ1) is 8.84. The van der Waals surface area contributed by atoms with Crippen LogP contribution >= 0.6 is 0 Å². The SMILES string of the molecule is OC1CCCCC1CNC1CCc2cccnc21. The van der Waals surface area contributed by atoms with E-state index in [0.717, 1.165) is 32.2 Å². The van der Waals surface area contributed by atoms with Crippen LogP contribution in [-0.2, 0) is 6.42 Å². The van der Waals surface area contributed by atoms with Crippen LogP contribution < -0.4 is 5.32 Å². The molecule has 0 aromatic carbocycles. The fourth-order valence-corrected chi connectivity index (χ4v) is 3.33. The molecule has 1 aromatic rings. The molecule has 3 rings (SSSR count). The molecule has 0 aliphatic heterocycles. The van der Waals surface area contributed by atoms with Gasteiger partial charge in [0.25, 0.3) is 0 Å². The number of hydrogen-bond donors (Lipinski definition) is 2. The van der Waals surface area contributed by atoms with Crippen LogP contribution in [0.4, 0.5) is 0 Å². The predicted octanol–water partition coefficient (Wildman–Crippen LogP) is 2.21. The van der Waals surface area contributed by atoms with E-state index in [0.29, 0.717) is 12.0 Å². The highest BCUT2D eigenvalue weighted by Crippen LogP contribution is 2.30. The fourth-order valence-electron chi connectivity index (χ4n) is 3.33. The standard InChI is InChI=1S/C15H22N2O/c18-14-6-2-1-4-12(14)10-17-13-8-7-11-5-3-9-16-15(11)13/h3,5,9,12-14,17-18H,1-2,4,6-8,10H2. The van der Waals surface area contributed by atoms with Gasteiger partial charge in [-0.25, -0.2) is 0 Å². The summed E-state index contributed by atoms with van der Waals surface area (Å²) in [7, 11) is 0. The number of aliphatic hydroxyl groups is 1. The molecular weight excluding hydrogens is 224 g/mol. The molecular formula is C15H22N2O. The molecule has 2 N–H and O–H groups in total. The summed E-state index contributed by atoms with van der Waals surface area (Å²) in [6.07, 6.45) is 8.66. The summed E-state index contributed by atoms with van der Waals surface area (Å²) in [6.45, 7) is 0.932. The molecule has 0 spiro atoms. The number of pyridine rings is 1. The van der Waals surface area contributed by atoms with Crippen LogP contribution in [0.5, 0.6) is 0 Å². The minimum absolute atomic E-state index is 0.101. The lowest BCUT2D eigenvalue weighted by molar-refractivity contribution is 0.0680. The number of hydrogen-bond acceptors (Lipinski definition) is 3. The second kappa shape index (κ2) is 5.37. The summed E-state index contributed by atoms with van der Waals surface area (Å²) in [5, 5.41) is 13.6. The Morgan fingerprint density at radius 1 is 1.28 bits per heavy atom. The normalized spacial score (nSPS) is 31.3. The van der Waals surface area contributed by atoms with Crippen molar-refractivity contribution in [2.24, 2.45) is 5.92 Å². The number of rotatable bonds is 3. The molecule has 3 atom stereocenters. The predicted molar refractivity (Wildman–Crippen MR) is 71.3 cm³/mol. The van der Waals surface area contributed by atoms with Crippen LogP contribution in [0.15, 0.2) is 18.3 Å². The van der Waals surface area contributed by atoms with Crippen molar-refractivity contribution in [3.63, 3.8) is 0 Å². The highest BCUT2D eigenvalue weighted by Gasteiger charge is 2.27. The highest BCUT2D eigenvalue weighted by atomic mass is 16.3. The second-order valence-electron chi connectivity index (χ2n) is 5.66. The summed E-state index contributed by atoms with van der Waals surface area (Å²) >= 11 is 0. The van der Waals surface area contributed by atoms with Crippen molar-refractivity contribution in [2.75, 3.05) is 6.54 Å². The first-order valence-corrected chi connectivity index (χ1v) is 7.20. The quantitative estimate of drug-likeness (QED) is 0.859. The minimum atomic E-state index is -0.101. The lowest BCUT2D eigenvalue weighted by Crippen LogP contribution is -2.35. The lowest BCUT2D eigenvalue weighted by Gasteiger charge is -2.29. The first kappa shape index (κ1) is 12.1. The molecule has 1 aromatic heterocycles. The van der Waals surface area contributed by atoms with Gasteiger partial charge < -0.3 is 10.4 Å². The zero-order valence-corrected chi connectivity index (χ0v) is 10.8. The van der Waals surface area contributed by atoms with Crippen LogP contribution in [0.25, 0.3) is 0 Å². The maximum Gasteiger partial charge on any atom is 0.0605 e. The second-order valence-corrected chi connectivity index (χ2v) is 5.66. The van der Waals surface area contributed by atoms with Crippen molar-refractivity contribution in [3.8, 4) is 0 Å². The number of fused-ring (bicyclic) bond motifs is 1. The van der Waals surface area contributed by atoms with Gasteiger partial charge >= 0.3 is 0 Å². The number of aliphatic hydroxyl groups excluding tert-OH is 1. The molecule has 18 heavy (non-hydrogen) atoms. The van der Waals surface area contributed by atoms with E-state index < -0.39 is 0 Å². The van der Waals surface area contributed by atoms with Gasteiger partial charge in [0.05, 0.1) is 17.8 Å². The van der Waals surface area contributed by atoms with Crippen LogP contribution in [0.3, 0.4) is 0 Å². The molecule has 2 aliphatic carbocycles. The van der Waals surface area contributed by atoms with Gasteiger partial charge in [0.1, 0.15) is 0 Å². The Morgan fingerprint density at radius 3 is 3.06 bits per heavy atom. The largest absolute Gasteiger partial charge is 0.393 e. The lowest BCUT2D eigenvalue weighted by atomic mass is 9.86. The van der Waals surface area contributed by atoms with E-state index in [4.69, 9.17) is 0 Å². The summed E-state index contributed by atoms with van der Waals surface area (Å²) < 4.78 is 0. The summed E-state index contributed by atoms with van der Waals surface area (Å²) in [4.78, 5) is 4.50. The Kier molecular flexibility index (Phi) is 3.62. The Morgan fingerprint density at radius 2 is 2.17 bits per heavy atom. The van der Waals surface area contributed by atoms with Gasteiger partial charge in [0.15, 0.2) is 0 Å². The summed E-state index contributed by atoms with van der Waals surface area (Å²) in [6, 6.07) is 4.60. The number of aromatic nitrogens is 1. The third-order valence-electron chi connectivity index (χ3n) is 4.45. The number of nitrogens with one attached hydrogen (secondary N) is 1. The summed E-state index contributed by atoms with van der Waals surface area (Å²) in [5.41, 5.74) is 2.61. The molecule has 0 saturated heterocycles. The van der Waals surface area contributed by atoms with Gasteiger partial charge in [-0.15, -0.1) is 0 Å². The highest BCUT2D eigenvalue weighted by molar-refractivity contribution is 5.27. The molecule has 0 amide bonds. The molecule has 2 aliphatic rings. The van der Waals surface area contributed by atoms with Gasteiger partial charge in [-0.3, -0.25) is 4.98 Å². The third kappa shape index (κ3) is 2.43. The van der Waals surface area contributed by atoms with Crippen molar-refractivity contribution in [2.45, 2.75) is 50.7 Å². The van der Waals surface area contributed by atoms with Crippen LogP contribution in [0, 0.1) is 5.92 Å². The minimum Gasteiger partial charge on any atom is -0.393 e. The zero-order valence-electron chi connectivity index (χ0n) is 10.8. The van der Waals surface area contributed by atoms with E-state index in [1.54, 1.807) is 0 Å². The monoisotopic (exact) mass is 246 g/mol. The Hall–Kier alpha value is -0.930. The van der Waals surface area contributed by atoms with Gasteiger partial charge in [-0.05, 0) is 43.2 Å². The van der Waals surface area contributed by atoms with Crippen molar-refractivity contribution >= 4 is 0 Å². The third-order valence-corrected chi connectivity index (χ3v) is 4.45. The summed E-state index contributed by atoms with van der Waals surface area (Å²) in [5.74, 6) is 0.437. The maximum absolute atomic E-state index is 9.98. The average Bonchev–Trinajstić information content (AvgIpc) is 2.81. The van der Waals surface area contributed by atoms with Crippen molar-refractivity contribution in [1.82, 2.24) is 10.3 Å². The van der Waals surface area contributed by atoms with Gasteiger partial charge in [0.2, 0.25) is 0 Å². The van der Waals surface area contributed by atoms with E-state index in [1.165, 1.54) is 24.1 Å². The molecule has 3 nitrogen and oxygen atoms in total. The van der Waals surface area contributed by atoms with E-state index in [-0.39, 0.29) is 6.10 Å². The van der Waals surface area contributed by atoms with Crippen LogP contribution in [0.1, 0.15) is 49.4 Å². The van der Waals surface area contributed by atoms with E-state index in [9.17, 15) is 5.11 Å².